The van der Waals surface area contributed by atoms with E-state index < -0.39 is 0 Å². The van der Waals surface area contributed by atoms with E-state index in [2.05, 4.69) is 4.90 Å². The Hall–Kier alpha value is -0.760. The number of likely N-dealkylation sites (N-methyl/N-ethyl adjacent to an activating group) is 1. The fourth-order valence-electron chi connectivity index (χ4n) is 1.06. The fourth-order valence-corrected chi connectivity index (χ4v) is 1.06. The smallest absolute Gasteiger partial charge is 0.111 e. The minimum Gasteiger partial charge on any atom is -0.508 e. The van der Waals surface area contributed by atoms with Crippen molar-refractivity contribution in [2.24, 2.45) is 0 Å². The first-order valence-corrected chi connectivity index (χ1v) is 4.27. The van der Waals surface area contributed by atoms with Crippen molar-refractivity contribution >= 4 is 0 Å². The third-order valence-corrected chi connectivity index (χ3v) is 1.37. The number of rotatable bonds is 4. The summed E-state index contributed by atoms with van der Waals surface area (Å²) in [5.41, 5.74) is 1.17. The van der Waals surface area contributed by atoms with Crippen molar-refractivity contribution in [3.63, 3.8) is 0 Å². The molecule has 0 aliphatic rings. The van der Waals surface area contributed by atoms with Crippen molar-refractivity contribution in [2.75, 3.05) is 20.6 Å². The number of nitrogens with zero attached hydrogens (tertiary/aromatic N) is 1. The SMILES string of the molecule is CC/C=C(O)\C=C(/C)CN(C)C. The molecular weight excluding hydrogens is 150 g/mol. The lowest BCUT2D eigenvalue weighted by atomic mass is 10.2. The Kier molecular flexibility index (Phi) is 5.47. The van der Waals surface area contributed by atoms with Crippen LogP contribution in [0.1, 0.15) is 20.3 Å². The number of hydrogen-bond acceptors (Lipinski definition) is 2. The van der Waals surface area contributed by atoms with E-state index >= 15 is 0 Å². The van der Waals surface area contributed by atoms with E-state index in [1.54, 1.807) is 6.08 Å². The summed E-state index contributed by atoms with van der Waals surface area (Å²) in [6.07, 6.45) is 4.49. The van der Waals surface area contributed by atoms with Gasteiger partial charge in [0.2, 0.25) is 0 Å². The van der Waals surface area contributed by atoms with Gasteiger partial charge in [0.1, 0.15) is 5.76 Å². The van der Waals surface area contributed by atoms with Crippen molar-refractivity contribution in [3.05, 3.63) is 23.5 Å². The molecule has 0 rings (SSSR count). The van der Waals surface area contributed by atoms with Crippen LogP contribution in [-0.4, -0.2) is 30.6 Å². The normalized spacial score (nSPS) is 14.1. The Morgan fingerprint density at radius 2 is 2.00 bits per heavy atom. The van der Waals surface area contributed by atoms with Crippen LogP contribution in [0.4, 0.5) is 0 Å². The van der Waals surface area contributed by atoms with Gasteiger partial charge < -0.3 is 10.0 Å². The first-order valence-electron chi connectivity index (χ1n) is 4.27. The minimum atomic E-state index is 0.372. The first-order chi connectivity index (χ1) is 5.56. The highest BCUT2D eigenvalue weighted by molar-refractivity contribution is 5.16. The molecule has 0 aliphatic carbocycles. The maximum Gasteiger partial charge on any atom is 0.111 e. The number of allylic oxidation sites excluding steroid dienone is 2. The van der Waals surface area contributed by atoms with Crippen LogP contribution in [0.25, 0.3) is 0 Å². The zero-order valence-corrected chi connectivity index (χ0v) is 8.46. The molecule has 0 aliphatic heterocycles. The van der Waals surface area contributed by atoms with Gasteiger partial charge >= 0.3 is 0 Å². The fraction of sp³-hybridized carbons (Fsp3) is 0.600. The van der Waals surface area contributed by atoms with Gasteiger partial charge in [-0.1, -0.05) is 12.5 Å². The highest BCUT2D eigenvalue weighted by atomic mass is 16.3. The van der Waals surface area contributed by atoms with Gasteiger partial charge in [0.05, 0.1) is 0 Å². The third-order valence-electron chi connectivity index (χ3n) is 1.37. The van der Waals surface area contributed by atoms with Crippen molar-refractivity contribution in [1.29, 1.82) is 0 Å². The Bertz CT molecular complexity index is 180. The summed E-state index contributed by atoms with van der Waals surface area (Å²) in [6, 6.07) is 0. The first kappa shape index (κ1) is 11.2. The summed E-state index contributed by atoms with van der Waals surface area (Å²) in [6.45, 7) is 4.91. The lowest BCUT2D eigenvalue weighted by molar-refractivity contribution is 0.422. The van der Waals surface area contributed by atoms with E-state index in [9.17, 15) is 5.11 Å². The van der Waals surface area contributed by atoms with Crippen molar-refractivity contribution < 1.29 is 5.11 Å². The summed E-state index contributed by atoms with van der Waals surface area (Å²) in [4.78, 5) is 2.07. The van der Waals surface area contributed by atoms with E-state index in [-0.39, 0.29) is 0 Å². The zero-order chi connectivity index (χ0) is 9.56. The van der Waals surface area contributed by atoms with Gasteiger partial charge in [-0.25, -0.2) is 0 Å². The van der Waals surface area contributed by atoms with E-state index in [0.29, 0.717) is 5.76 Å². The van der Waals surface area contributed by atoms with Crippen LogP contribution < -0.4 is 0 Å². The van der Waals surface area contributed by atoms with Crippen LogP contribution in [0.3, 0.4) is 0 Å². The number of hydrogen-bond donors (Lipinski definition) is 1. The molecule has 0 heterocycles. The molecule has 0 aromatic heterocycles. The lowest BCUT2D eigenvalue weighted by Crippen LogP contribution is -2.13. The predicted molar refractivity (Wildman–Crippen MR) is 53.3 cm³/mol. The predicted octanol–water partition coefficient (Wildman–Crippen LogP) is 2.35. The van der Waals surface area contributed by atoms with Gasteiger partial charge in [0.15, 0.2) is 0 Å². The summed E-state index contributed by atoms with van der Waals surface area (Å²) in [5, 5.41) is 9.30. The summed E-state index contributed by atoms with van der Waals surface area (Å²) in [5.74, 6) is 0.372. The van der Waals surface area contributed by atoms with Crippen LogP contribution in [-0.2, 0) is 0 Å². The average Bonchev–Trinajstić information content (AvgIpc) is 1.84. The standard InChI is InChI=1S/C10H19NO/c1-5-6-10(12)7-9(2)8-11(3)4/h6-7,12H,5,8H2,1-4H3/b9-7+,10-6+. The van der Waals surface area contributed by atoms with Gasteiger partial charge in [0, 0.05) is 6.54 Å². The maximum absolute atomic E-state index is 9.30. The molecule has 0 saturated carbocycles. The molecule has 0 spiro atoms. The molecule has 0 atom stereocenters. The second-order valence-electron chi connectivity index (χ2n) is 3.27. The van der Waals surface area contributed by atoms with Crippen LogP contribution in [0.5, 0.6) is 0 Å². The molecule has 2 heteroatoms. The lowest BCUT2D eigenvalue weighted by Gasteiger charge is -2.08. The van der Waals surface area contributed by atoms with E-state index in [0.717, 1.165) is 13.0 Å². The molecule has 0 aromatic carbocycles. The molecule has 0 saturated heterocycles. The average molecular weight is 169 g/mol. The van der Waals surface area contributed by atoms with Crippen LogP contribution in [0, 0.1) is 0 Å². The molecule has 0 amide bonds. The Balaban J connectivity index is 4.06. The Labute approximate surface area is 75.2 Å². The molecule has 70 valence electrons. The molecule has 0 unspecified atom stereocenters. The van der Waals surface area contributed by atoms with Gasteiger partial charge in [-0.15, -0.1) is 0 Å². The number of aliphatic hydroxyl groups is 1. The Morgan fingerprint density at radius 1 is 1.42 bits per heavy atom. The summed E-state index contributed by atoms with van der Waals surface area (Å²) < 4.78 is 0. The summed E-state index contributed by atoms with van der Waals surface area (Å²) >= 11 is 0. The molecule has 1 N–H and O–H groups in total. The van der Waals surface area contributed by atoms with Crippen LogP contribution in [0.15, 0.2) is 23.5 Å². The largest absolute Gasteiger partial charge is 0.508 e. The highest BCUT2D eigenvalue weighted by Crippen LogP contribution is 2.01. The molecule has 2 nitrogen and oxygen atoms in total. The van der Waals surface area contributed by atoms with E-state index in [1.807, 2.05) is 34.0 Å². The molecule has 0 radical (unpaired) electrons. The highest BCUT2D eigenvalue weighted by Gasteiger charge is 1.93. The summed E-state index contributed by atoms with van der Waals surface area (Å²) in [7, 11) is 4.02. The Morgan fingerprint density at radius 3 is 2.42 bits per heavy atom. The second-order valence-corrected chi connectivity index (χ2v) is 3.27. The van der Waals surface area contributed by atoms with Crippen LogP contribution >= 0.6 is 0 Å². The topological polar surface area (TPSA) is 23.5 Å². The second kappa shape index (κ2) is 5.84. The van der Waals surface area contributed by atoms with Crippen molar-refractivity contribution in [2.45, 2.75) is 20.3 Å². The number of aliphatic hydroxyl groups excluding tert-OH is 1. The quantitative estimate of drug-likeness (QED) is 0.516. The minimum absolute atomic E-state index is 0.372. The third kappa shape index (κ3) is 5.98. The monoisotopic (exact) mass is 169 g/mol. The zero-order valence-electron chi connectivity index (χ0n) is 8.46. The molecule has 0 aromatic rings. The van der Waals surface area contributed by atoms with Gasteiger partial charge in [0.25, 0.3) is 0 Å². The van der Waals surface area contributed by atoms with E-state index in [4.69, 9.17) is 0 Å². The van der Waals surface area contributed by atoms with Crippen LogP contribution in [0.2, 0.25) is 0 Å². The molecule has 0 bridgehead atoms. The van der Waals surface area contributed by atoms with E-state index in [1.165, 1.54) is 5.57 Å². The van der Waals surface area contributed by atoms with Gasteiger partial charge in [-0.3, -0.25) is 0 Å². The van der Waals surface area contributed by atoms with Gasteiger partial charge in [-0.05, 0) is 39.6 Å². The molecular formula is C10H19NO. The van der Waals surface area contributed by atoms with Gasteiger partial charge in [-0.2, -0.15) is 0 Å². The van der Waals surface area contributed by atoms with Crippen molar-refractivity contribution in [1.82, 2.24) is 4.90 Å². The molecule has 12 heavy (non-hydrogen) atoms. The maximum atomic E-state index is 9.30. The van der Waals surface area contributed by atoms with Crippen molar-refractivity contribution in [3.8, 4) is 0 Å². The molecule has 0 fully saturated rings.